The van der Waals surface area contributed by atoms with Crippen LogP contribution >= 0.6 is 0 Å². The molecule has 2 rings (SSSR count). The lowest BCUT2D eigenvalue weighted by Crippen LogP contribution is -2.05. The Balaban J connectivity index is 0.00000106. The van der Waals surface area contributed by atoms with E-state index >= 15 is 0 Å². The lowest BCUT2D eigenvalue weighted by atomic mass is 10.1. The molecule has 0 amide bonds. The molecule has 0 aliphatic rings. The maximum absolute atomic E-state index is 11.9. The largest absolute Gasteiger partial charge is 0.496 e. The standard InChI is InChI=1S/C16H16O3.C2H6/c1-12-10-14(8-9-15(12)18-2)16(17)19-11-13-6-4-3-5-7-13;1-2/h3-10H,11H2,1-2H3;1-2H3. The minimum Gasteiger partial charge on any atom is -0.496 e. The van der Waals surface area contributed by atoms with Gasteiger partial charge in [-0.15, -0.1) is 0 Å². The van der Waals surface area contributed by atoms with E-state index in [1.807, 2.05) is 51.1 Å². The van der Waals surface area contributed by atoms with Crippen molar-refractivity contribution in [3.63, 3.8) is 0 Å². The molecule has 0 heterocycles. The molecule has 0 fully saturated rings. The Morgan fingerprint density at radius 3 is 2.29 bits per heavy atom. The number of rotatable bonds is 4. The van der Waals surface area contributed by atoms with Gasteiger partial charge in [0.1, 0.15) is 12.4 Å². The highest BCUT2D eigenvalue weighted by molar-refractivity contribution is 5.89. The van der Waals surface area contributed by atoms with Crippen molar-refractivity contribution in [2.75, 3.05) is 7.11 Å². The summed E-state index contributed by atoms with van der Waals surface area (Å²) in [6.45, 7) is 6.18. The van der Waals surface area contributed by atoms with Crippen molar-refractivity contribution in [1.29, 1.82) is 0 Å². The maximum Gasteiger partial charge on any atom is 0.338 e. The molecule has 3 nitrogen and oxygen atoms in total. The topological polar surface area (TPSA) is 35.5 Å². The van der Waals surface area contributed by atoms with Crippen LogP contribution in [0.4, 0.5) is 0 Å². The van der Waals surface area contributed by atoms with E-state index < -0.39 is 0 Å². The summed E-state index contributed by atoms with van der Waals surface area (Å²) in [6.07, 6.45) is 0. The summed E-state index contributed by atoms with van der Waals surface area (Å²) in [5.74, 6) is 0.439. The van der Waals surface area contributed by atoms with E-state index in [0.717, 1.165) is 16.9 Å². The molecule has 2 aromatic rings. The van der Waals surface area contributed by atoms with Gasteiger partial charge in [-0.2, -0.15) is 0 Å². The highest BCUT2D eigenvalue weighted by Gasteiger charge is 2.09. The molecule has 0 aliphatic heterocycles. The molecule has 0 N–H and O–H groups in total. The van der Waals surface area contributed by atoms with Crippen LogP contribution in [0.3, 0.4) is 0 Å². The predicted molar refractivity (Wildman–Crippen MR) is 84.6 cm³/mol. The summed E-state index contributed by atoms with van der Waals surface area (Å²) in [5, 5.41) is 0. The van der Waals surface area contributed by atoms with Crippen LogP contribution in [0.5, 0.6) is 5.75 Å². The van der Waals surface area contributed by atoms with Gasteiger partial charge in [0.25, 0.3) is 0 Å². The Kier molecular flexibility index (Phi) is 7.02. The number of hydrogen-bond donors (Lipinski definition) is 0. The van der Waals surface area contributed by atoms with Crippen LogP contribution in [0.2, 0.25) is 0 Å². The van der Waals surface area contributed by atoms with E-state index in [0.29, 0.717) is 5.56 Å². The molecular weight excluding hydrogens is 264 g/mol. The first-order valence-corrected chi connectivity index (χ1v) is 7.06. The molecule has 0 radical (unpaired) electrons. The third kappa shape index (κ3) is 4.95. The highest BCUT2D eigenvalue weighted by atomic mass is 16.5. The number of benzene rings is 2. The fourth-order valence-electron chi connectivity index (χ4n) is 1.81. The molecule has 0 saturated heterocycles. The van der Waals surface area contributed by atoms with E-state index in [4.69, 9.17) is 9.47 Å². The molecule has 0 aromatic heterocycles. The predicted octanol–water partition coefficient (Wildman–Crippen LogP) is 4.39. The van der Waals surface area contributed by atoms with Gasteiger partial charge in [-0.1, -0.05) is 44.2 Å². The molecule has 0 atom stereocenters. The fraction of sp³-hybridized carbons (Fsp3) is 0.278. The maximum atomic E-state index is 11.9. The Labute approximate surface area is 126 Å². The van der Waals surface area contributed by atoms with Gasteiger partial charge in [-0.25, -0.2) is 4.79 Å². The van der Waals surface area contributed by atoms with Crippen molar-refractivity contribution in [3.8, 4) is 5.75 Å². The summed E-state index contributed by atoms with van der Waals surface area (Å²) in [7, 11) is 1.61. The van der Waals surface area contributed by atoms with E-state index in [9.17, 15) is 4.79 Å². The molecule has 2 aromatic carbocycles. The fourth-order valence-corrected chi connectivity index (χ4v) is 1.81. The molecule has 0 bridgehead atoms. The Bertz CT molecular complexity index is 562. The summed E-state index contributed by atoms with van der Waals surface area (Å²) in [6, 6.07) is 14.9. The SMILES string of the molecule is CC.COc1ccc(C(=O)OCc2ccccc2)cc1C. The van der Waals surface area contributed by atoms with Gasteiger partial charge in [-0.3, -0.25) is 0 Å². The third-order valence-corrected chi connectivity index (χ3v) is 2.84. The molecule has 21 heavy (non-hydrogen) atoms. The average molecular weight is 286 g/mol. The molecule has 112 valence electrons. The zero-order chi connectivity index (χ0) is 15.7. The van der Waals surface area contributed by atoms with Crippen molar-refractivity contribution in [2.24, 2.45) is 0 Å². The second kappa shape index (κ2) is 8.80. The normalized spacial score (nSPS) is 9.33. The first-order valence-electron chi connectivity index (χ1n) is 7.06. The van der Waals surface area contributed by atoms with Crippen molar-refractivity contribution in [1.82, 2.24) is 0 Å². The van der Waals surface area contributed by atoms with Gasteiger partial charge in [0, 0.05) is 0 Å². The molecular formula is C18H22O3. The number of esters is 1. The van der Waals surface area contributed by atoms with E-state index in [1.165, 1.54) is 0 Å². The van der Waals surface area contributed by atoms with Crippen molar-refractivity contribution >= 4 is 5.97 Å². The van der Waals surface area contributed by atoms with Gasteiger partial charge in [0.2, 0.25) is 0 Å². The quantitative estimate of drug-likeness (QED) is 0.782. The Morgan fingerprint density at radius 2 is 1.71 bits per heavy atom. The number of hydrogen-bond acceptors (Lipinski definition) is 3. The minimum atomic E-state index is -0.324. The third-order valence-electron chi connectivity index (χ3n) is 2.84. The van der Waals surface area contributed by atoms with Crippen molar-refractivity contribution in [3.05, 3.63) is 65.2 Å². The van der Waals surface area contributed by atoms with Crippen LogP contribution in [-0.2, 0) is 11.3 Å². The Morgan fingerprint density at radius 1 is 1.05 bits per heavy atom. The second-order valence-corrected chi connectivity index (χ2v) is 4.25. The van der Waals surface area contributed by atoms with Gasteiger partial charge in [0.05, 0.1) is 12.7 Å². The molecule has 3 heteroatoms. The monoisotopic (exact) mass is 286 g/mol. The molecule has 0 aliphatic carbocycles. The van der Waals surface area contributed by atoms with E-state index in [2.05, 4.69) is 0 Å². The zero-order valence-corrected chi connectivity index (χ0v) is 13.1. The van der Waals surface area contributed by atoms with Gasteiger partial charge in [0.15, 0.2) is 0 Å². The van der Waals surface area contributed by atoms with Crippen LogP contribution in [0, 0.1) is 6.92 Å². The summed E-state index contributed by atoms with van der Waals surface area (Å²) in [5.41, 5.74) is 2.42. The highest BCUT2D eigenvalue weighted by Crippen LogP contribution is 2.19. The van der Waals surface area contributed by atoms with Crippen molar-refractivity contribution in [2.45, 2.75) is 27.4 Å². The van der Waals surface area contributed by atoms with Gasteiger partial charge < -0.3 is 9.47 Å². The zero-order valence-electron chi connectivity index (χ0n) is 13.1. The average Bonchev–Trinajstić information content (AvgIpc) is 2.55. The van der Waals surface area contributed by atoms with Crippen LogP contribution in [0.15, 0.2) is 48.5 Å². The number of carbonyl (C=O) groups is 1. The molecule has 0 unspecified atom stereocenters. The van der Waals surface area contributed by atoms with Crippen LogP contribution < -0.4 is 4.74 Å². The van der Waals surface area contributed by atoms with Crippen LogP contribution in [0.25, 0.3) is 0 Å². The van der Waals surface area contributed by atoms with Crippen LogP contribution in [0.1, 0.15) is 35.3 Å². The second-order valence-electron chi connectivity index (χ2n) is 4.25. The van der Waals surface area contributed by atoms with E-state index in [-0.39, 0.29) is 12.6 Å². The van der Waals surface area contributed by atoms with Crippen molar-refractivity contribution < 1.29 is 14.3 Å². The van der Waals surface area contributed by atoms with Crippen LogP contribution in [-0.4, -0.2) is 13.1 Å². The first-order chi connectivity index (χ1) is 10.2. The number of aryl methyl sites for hydroxylation is 1. The lowest BCUT2D eigenvalue weighted by Gasteiger charge is -2.08. The molecule has 0 saturated carbocycles. The Hall–Kier alpha value is -2.29. The van der Waals surface area contributed by atoms with E-state index in [1.54, 1.807) is 25.3 Å². The summed E-state index contributed by atoms with van der Waals surface area (Å²) < 4.78 is 10.4. The smallest absolute Gasteiger partial charge is 0.338 e. The van der Waals surface area contributed by atoms with Gasteiger partial charge in [-0.05, 0) is 36.2 Å². The summed E-state index contributed by atoms with van der Waals surface area (Å²) in [4.78, 5) is 11.9. The number of ether oxygens (including phenoxy) is 2. The lowest BCUT2D eigenvalue weighted by molar-refractivity contribution is 0.0472. The minimum absolute atomic E-state index is 0.282. The number of carbonyl (C=O) groups excluding carboxylic acids is 1. The number of methoxy groups -OCH3 is 1. The summed E-state index contributed by atoms with van der Waals surface area (Å²) >= 11 is 0. The first kappa shape index (κ1) is 16.8. The van der Waals surface area contributed by atoms with Gasteiger partial charge >= 0.3 is 5.97 Å². The molecule has 0 spiro atoms.